The Morgan fingerprint density at radius 1 is 1.03 bits per heavy atom. The molecule has 1 unspecified atom stereocenters. The van der Waals surface area contributed by atoms with Crippen LogP contribution in [0.15, 0.2) is 72.8 Å². The number of nitro groups is 1. The summed E-state index contributed by atoms with van der Waals surface area (Å²) in [6, 6.07) is 21.0. The number of hydrogen-bond donors (Lipinski definition) is 0. The Bertz CT molecular complexity index is 1170. The Hall–Kier alpha value is -4.00. The second kappa shape index (κ2) is 8.63. The van der Waals surface area contributed by atoms with Gasteiger partial charge in [0, 0.05) is 17.7 Å². The average molecular weight is 430 g/mol. The lowest BCUT2D eigenvalue weighted by Crippen LogP contribution is -2.50. The fourth-order valence-electron chi connectivity index (χ4n) is 3.69. The highest BCUT2D eigenvalue weighted by molar-refractivity contribution is 6.08. The fourth-order valence-corrected chi connectivity index (χ4v) is 3.69. The largest absolute Gasteiger partial charge is 0.478 e. The van der Waals surface area contributed by atoms with Gasteiger partial charge in [0.15, 0.2) is 11.9 Å². The maximum atomic E-state index is 13.1. The third-order valence-electron chi connectivity index (χ3n) is 5.43. The van der Waals surface area contributed by atoms with Crippen LogP contribution in [-0.2, 0) is 4.79 Å². The number of nitrogens with zero attached hydrogens (tertiary/aromatic N) is 2. The van der Waals surface area contributed by atoms with Crippen LogP contribution in [0, 0.1) is 16.0 Å². The molecule has 0 N–H and O–H groups in total. The van der Waals surface area contributed by atoms with E-state index in [9.17, 15) is 19.7 Å². The average Bonchev–Trinajstić information content (AvgIpc) is 2.80. The van der Waals surface area contributed by atoms with Crippen LogP contribution in [0.2, 0.25) is 0 Å². The maximum Gasteiger partial charge on any atom is 0.271 e. The molecule has 3 aromatic carbocycles. The Morgan fingerprint density at radius 3 is 2.31 bits per heavy atom. The molecule has 0 saturated carbocycles. The number of anilines is 1. The summed E-state index contributed by atoms with van der Waals surface area (Å²) in [5.41, 5.74) is 2.53. The van der Waals surface area contributed by atoms with Crippen molar-refractivity contribution in [2.75, 3.05) is 11.4 Å². The van der Waals surface area contributed by atoms with E-state index >= 15 is 0 Å². The first-order valence-electron chi connectivity index (χ1n) is 10.3. The van der Waals surface area contributed by atoms with Gasteiger partial charge in [-0.1, -0.05) is 68.4 Å². The number of rotatable bonds is 6. The molecule has 1 aliphatic rings. The predicted octanol–water partition coefficient (Wildman–Crippen LogP) is 4.89. The van der Waals surface area contributed by atoms with Gasteiger partial charge in [0.25, 0.3) is 11.6 Å². The predicted molar refractivity (Wildman–Crippen MR) is 121 cm³/mol. The zero-order valence-electron chi connectivity index (χ0n) is 17.7. The van der Waals surface area contributed by atoms with Crippen LogP contribution in [0.3, 0.4) is 0 Å². The number of ether oxygens (including phenoxy) is 1. The first kappa shape index (κ1) is 21.2. The molecule has 0 bridgehead atoms. The zero-order chi connectivity index (χ0) is 22.8. The molecule has 0 aliphatic carbocycles. The van der Waals surface area contributed by atoms with Crippen molar-refractivity contribution in [3.05, 3.63) is 88.5 Å². The van der Waals surface area contributed by atoms with Crippen LogP contribution in [-0.4, -0.2) is 29.3 Å². The van der Waals surface area contributed by atoms with Gasteiger partial charge in [-0.2, -0.15) is 0 Å². The first-order chi connectivity index (χ1) is 15.3. The Labute approximate surface area is 185 Å². The van der Waals surface area contributed by atoms with Crippen molar-refractivity contribution in [1.82, 2.24) is 0 Å². The molecule has 1 aliphatic heterocycles. The molecule has 7 heteroatoms. The molecule has 0 aromatic heterocycles. The van der Waals surface area contributed by atoms with Crippen LogP contribution >= 0.6 is 0 Å². The third-order valence-corrected chi connectivity index (χ3v) is 5.43. The lowest BCUT2D eigenvalue weighted by molar-refractivity contribution is -0.384. The summed E-state index contributed by atoms with van der Waals surface area (Å²) in [6.45, 7) is 3.47. The van der Waals surface area contributed by atoms with Gasteiger partial charge in [0.2, 0.25) is 0 Å². The Balaban J connectivity index is 1.63. The van der Waals surface area contributed by atoms with Crippen LogP contribution in [0.4, 0.5) is 11.4 Å². The Morgan fingerprint density at radius 2 is 1.69 bits per heavy atom. The summed E-state index contributed by atoms with van der Waals surface area (Å²) in [5, 5.41) is 11.2. The van der Waals surface area contributed by atoms with E-state index in [0.29, 0.717) is 11.3 Å². The number of carbonyl (C=O) groups is 2. The molecule has 7 nitrogen and oxygen atoms in total. The normalized spacial score (nSPS) is 15.3. The monoisotopic (exact) mass is 430 g/mol. The van der Waals surface area contributed by atoms with Crippen molar-refractivity contribution in [1.29, 1.82) is 0 Å². The summed E-state index contributed by atoms with van der Waals surface area (Å²) in [5.74, 6) is -0.434. The van der Waals surface area contributed by atoms with Crippen molar-refractivity contribution in [2.24, 2.45) is 5.92 Å². The minimum Gasteiger partial charge on any atom is -0.478 e. The smallest absolute Gasteiger partial charge is 0.271 e. The van der Waals surface area contributed by atoms with Crippen molar-refractivity contribution >= 4 is 23.1 Å². The van der Waals surface area contributed by atoms with Crippen LogP contribution in [0.1, 0.15) is 24.2 Å². The van der Waals surface area contributed by atoms with E-state index in [1.807, 2.05) is 56.3 Å². The van der Waals surface area contributed by atoms with Gasteiger partial charge in [0.05, 0.1) is 17.2 Å². The number of ketones is 1. The molecule has 1 amide bonds. The maximum absolute atomic E-state index is 13.1. The summed E-state index contributed by atoms with van der Waals surface area (Å²) in [6.07, 6.45) is -0.766. The second-order valence-corrected chi connectivity index (χ2v) is 7.98. The number of amides is 1. The van der Waals surface area contributed by atoms with E-state index in [4.69, 9.17) is 4.74 Å². The number of nitro benzene ring substituents is 1. The van der Waals surface area contributed by atoms with Crippen molar-refractivity contribution in [3.63, 3.8) is 0 Å². The first-order valence-corrected chi connectivity index (χ1v) is 10.3. The highest BCUT2D eigenvalue weighted by Gasteiger charge is 2.38. The lowest BCUT2D eigenvalue weighted by Gasteiger charge is -2.35. The number of fused-ring (bicyclic) bond motifs is 1. The Kier molecular flexibility index (Phi) is 5.73. The molecule has 0 spiro atoms. The van der Waals surface area contributed by atoms with Gasteiger partial charge >= 0.3 is 0 Å². The second-order valence-electron chi connectivity index (χ2n) is 7.98. The van der Waals surface area contributed by atoms with Gasteiger partial charge < -0.3 is 4.74 Å². The molecule has 1 atom stereocenters. The summed E-state index contributed by atoms with van der Waals surface area (Å²) in [4.78, 5) is 38.1. The highest BCUT2D eigenvalue weighted by Crippen LogP contribution is 2.38. The van der Waals surface area contributed by atoms with Crippen molar-refractivity contribution in [3.8, 4) is 16.9 Å². The lowest BCUT2D eigenvalue weighted by atomic mass is 10.0. The van der Waals surface area contributed by atoms with E-state index in [0.717, 1.165) is 11.1 Å². The van der Waals surface area contributed by atoms with E-state index in [-0.39, 0.29) is 35.5 Å². The van der Waals surface area contributed by atoms with E-state index in [1.54, 1.807) is 12.1 Å². The quantitative estimate of drug-likeness (QED) is 0.315. The SMILES string of the molecule is CC(C)C1Oc2ccc([N+](=O)[O-])cc2N(CC(=O)c2ccc(-c3ccccc3)cc2)C1=O. The molecule has 4 rings (SSSR count). The van der Waals surface area contributed by atoms with Gasteiger partial charge in [-0.15, -0.1) is 0 Å². The molecule has 0 saturated heterocycles. The number of non-ortho nitro benzene ring substituents is 1. The highest BCUT2D eigenvalue weighted by atomic mass is 16.6. The molecule has 1 heterocycles. The summed E-state index contributed by atoms with van der Waals surface area (Å²) in [7, 11) is 0. The van der Waals surface area contributed by atoms with Crippen LogP contribution in [0.5, 0.6) is 5.75 Å². The van der Waals surface area contributed by atoms with Crippen molar-refractivity contribution < 1.29 is 19.2 Å². The minimum absolute atomic E-state index is 0.131. The summed E-state index contributed by atoms with van der Waals surface area (Å²) < 4.78 is 5.80. The molecule has 0 radical (unpaired) electrons. The van der Waals surface area contributed by atoms with Gasteiger partial charge in [0.1, 0.15) is 5.75 Å². The van der Waals surface area contributed by atoms with Crippen LogP contribution in [0.25, 0.3) is 11.1 Å². The zero-order valence-corrected chi connectivity index (χ0v) is 17.7. The molecule has 0 fully saturated rings. The fraction of sp³-hybridized carbons (Fsp3) is 0.200. The van der Waals surface area contributed by atoms with Gasteiger partial charge in [-0.3, -0.25) is 24.6 Å². The van der Waals surface area contributed by atoms with Crippen LogP contribution < -0.4 is 9.64 Å². The molecular weight excluding hydrogens is 408 g/mol. The molecule has 162 valence electrons. The number of Topliss-reactive ketones (excluding diaryl/α,β-unsaturated/α-hetero) is 1. The van der Waals surface area contributed by atoms with Crippen molar-refractivity contribution in [2.45, 2.75) is 20.0 Å². The number of carbonyl (C=O) groups excluding carboxylic acids is 2. The minimum atomic E-state index is -0.766. The molecule has 3 aromatic rings. The summed E-state index contributed by atoms with van der Waals surface area (Å²) >= 11 is 0. The third kappa shape index (κ3) is 4.09. The number of hydrogen-bond acceptors (Lipinski definition) is 5. The topological polar surface area (TPSA) is 89.8 Å². The standard InChI is InChI=1S/C25H22N2O5/c1-16(2)24-25(29)26(21-14-20(27(30)31)12-13-23(21)32-24)15-22(28)19-10-8-18(9-11-19)17-6-4-3-5-7-17/h3-14,16,24H,15H2,1-2H3. The van der Waals surface area contributed by atoms with Gasteiger partial charge in [-0.25, -0.2) is 0 Å². The van der Waals surface area contributed by atoms with E-state index in [1.165, 1.54) is 23.1 Å². The molecule has 32 heavy (non-hydrogen) atoms. The van der Waals surface area contributed by atoms with Gasteiger partial charge in [-0.05, 0) is 23.1 Å². The number of benzene rings is 3. The van der Waals surface area contributed by atoms with E-state index in [2.05, 4.69) is 0 Å². The molecular formula is C25H22N2O5. The van der Waals surface area contributed by atoms with E-state index < -0.39 is 11.0 Å².